The molecule has 11 heteroatoms. The number of aromatic nitrogens is 1. The number of aryl methyl sites for hydroxylation is 2. The minimum absolute atomic E-state index is 0.0253. The normalized spacial score (nSPS) is 30.5. The maximum atomic E-state index is 14.4. The van der Waals surface area contributed by atoms with Crippen LogP contribution in [0.4, 0.5) is 5.69 Å². The Morgan fingerprint density at radius 2 is 2.04 bits per heavy atom. The van der Waals surface area contributed by atoms with E-state index in [-0.39, 0.29) is 23.2 Å². The Morgan fingerprint density at radius 3 is 2.80 bits per heavy atom. The molecule has 7 rings (SSSR count). The molecule has 1 spiro atoms. The number of ether oxygens (including phenoxy) is 2. The Bertz CT molecular complexity index is 1910. The maximum absolute atomic E-state index is 14.4. The van der Waals surface area contributed by atoms with Gasteiger partial charge in [0.1, 0.15) is 15.7 Å². The van der Waals surface area contributed by atoms with Crippen LogP contribution in [0.1, 0.15) is 70.9 Å². The van der Waals surface area contributed by atoms with E-state index in [1.54, 1.807) is 43.3 Å². The molecule has 0 saturated heterocycles. The van der Waals surface area contributed by atoms with E-state index in [0.717, 1.165) is 55.9 Å². The molecule has 1 saturated carbocycles. The summed E-state index contributed by atoms with van der Waals surface area (Å²) < 4.78 is 35.8. The van der Waals surface area contributed by atoms with Crippen LogP contribution < -0.4 is 14.4 Å². The van der Waals surface area contributed by atoms with Crippen molar-refractivity contribution in [2.45, 2.75) is 57.0 Å². The first-order chi connectivity index (χ1) is 23.5. The van der Waals surface area contributed by atoms with Gasteiger partial charge in [0.2, 0.25) is 0 Å². The van der Waals surface area contributed by atoms with Crippen LogP contribution >= 0.6 is 11.6 Å². The van der Waals surface area contributed by atoms with Gasteiger partial charge in [-0.1, -0.05) is 36.7 Å². The van der Waals surface area contributed by atoms with Gasteiger partial charge in [0.15, 0.2) is 0 Å². The van der Waals surface area contributed by atoms with E-state index in [1.165, 1.54) is 11.1 Å². The van der Waals surface area contributed by atoms with E-state index in [4.69, 9.17) is 21.1 Å². The molecule has 2 amide bonds. The fraction of sp³-hybridized carbons (Fsp3) is 0.474. The van der Waals surface area contributed by atoms with Crippen molar-refractivity contribution < 1.29 is 23.3 Å². The monoisotopic (exact) mass is 704 g/mol. The van der Waals surface area contributed by atoms with Gasteiger partial charge in [-0.05, 0) is 104 Å². The second kappa shape index (κ2) is 13.6. The van der Waals surface area contributed by atoms with Crippen LogP contribution in [-0.4, -0.2) is 59.3 Å². The lowest BCUT2D eigenvalue weighted by molar-refractivity contribution is 0.0131. The number of amides is 2. The molecular weight excluding hydrogens is 660 g/mol. The predicted molar refractivity (Wildman–Crippen MR) is 193 cm³/mol. The van der Waals surface area contributed by atoms with Gasteiger partial charge in [0.25, 0.3) is 11.8 Å². The number of benzene rings is 2. The molecule has 260 valence electrons. The lowest BCUT2D eigenvalue weighted by atomic mass is 9.68. The van der Waals surface area contributed by atoms with Crippen LogP contribution in [0.15, 0.2) is 71.4 Å². The van der Waals surface area contributed by atoms with Crippen molar-refractivity contribution in [3.8, 4) is 5.75 Å². The molecular formula is C38H45ClN4O5S. The molecule has 2 aromatic carbocycles. The van der Waals surface area contributed by atoms with Gasteiger partial charge in [-0.25, -0.2) is 4.21 Å². The molecule has 3 heterocycles. The highest BCUT2D eigenvalue weighted by molar-refractivity contribution is 7.92. The zero-order chi connectivity index (χ0) is 34.3. The Kier molecular flexibility index (Phi) is 9.41. The minimum Gasteiger partial charge on any atom is -0.490 e. The van der Waals surface area contributed by atoms with Gasteiger partial charge in [-0.15, -0.1) is 4.36 Å². The Hall–Kier alpha value is -3.60. The van der Waals surface area contributed by atoms with Crippen LogP contribution in [0.3, 0.4) is 0 Å². The number of nitrogens with zero attached hydrogens (tertiary/aromatic N) is 3. The van der Waals surface area contributed by atoms with Gasteiger partial charge in [0.05, 0.1) is 29.7 Å². The number of methoxy groups -OCH3 is 1. The molecule has 2 aliphatic heterocycles. The van der Waals surface area contributed by atoms with Gasteiger partial charge >= 0.3 is 0 Å². The molecule has 1 fully saturated rings. The summed E-state index contributed by atoms with van der Waals surface area (Å²) in [6, 6.07) is 13.2. The lowest BCUT2D eigenvalue weighted by Crippen LogP contribution is -2.49. The number of hydrogen-bond donors (Lipinski definition) is 1. The summed E-state index contributed by atoms with van der Waals surface area (Å²) in [4.78, 5) is 29.5. The number of carbonyl (C=O) groups excluding carboxylic acids is 2. The number of allylic oxidation sites excluding steroid dienone is 1. The quantitative estimate of drug-likeness (QED) is 0.303. The smallest absolute Gasteiger partial charge is 0.286 e. The second-order valence-electron chi connectivity index (χ2n) is 14.5. The van der Waals surface area contributed by atoms with Crippen LogP contribution in [0.5, 0.6) is 5.75 Å². The zero-order valence-electron chi connectivity index (χ0n) is 28.4. The van der Waals surface area contributed by atoms with Crippen LogP contribution in [0.25, 0.3) is 0 Å². The van der Waals surface area contributed by atoms with Crippen molar-refractivity contribution in [3.05, 3.63) is 94.3 Å². The summed E-state index contributed by atoms with van der Waals surface area (Å²) in [5, 5.41) is 0.743. The topological polar surface area (TPSA) is 102 Å². The van der Waals surface area contributed by atoms with E-state index < -0.39 is 21.7 Å². The first kappa shape index (κ1) is 33.9. The number of carbonyl (C=O) groups is 2. The molecule has 1 N–H and O–H groups in total. The van der Waals surface area contributed by atoms with Crippen molar-refractivity contribution >= 4 is 39.0 Å². The highest BCUT2D eigenvalue weighted by Crippen LogP contribution is 2.47. The van der Waals surface area contributed by atoms with Crippen molar-refractivity contribution in [1.29, 1.82) is 0 Å². The molecule has 1 unspecified atom stereocenters. The standard InChI is InChI=1S/C38H45ClN4O5S/c1-25-6-4-8-34(47-3)31-12-9-28(31)21-43-23-38(16-5-7-26-18-30(39)11-13-32(26)38)24-48-35-14-10-27(19-33(35)43)36(44)40-49(46,22-25)41-37(45)29-15-17-42(2)20-29/h4,8,10-11,13-15,17-20,25,28,31,34H,5-7,9,12,16,21-24H2,1-3H3,(H,40,41,44,45,46)/b8-4+/t25-,28-,31+,34-,38-,49?/m0/s1. The van der Waals surface area contributed by atoms with Gasteiger partial charge in [-0.2, -0.15) is 0 Å². The van der Waals surface area contributed by atoms with Gasteiger partial charge in [-0.3, -0.25) is 14.3 Å². The summed E-state index contributed by atoms with van der Waals surface area (Å²) in [6.07, 6.45) is 13.3. The minimum atomic E-state index is -3.49. The summed E-state index contributed by atoms with van der Waals surface area (Å²) >= 11 is 6.45. The molecule has 1 aromatic heterocycles. The molecule has 0 radical (unpaired) electrons. The third kappa shape index (κ3) is 6.92. The fourth-order valence-electron chi connectivity index (χ4n) is 8.21. The van der Waals surface area contributed by atoms with E-state index in [0.29, 0.717) is 41.7 Å². The third-order valence-corrected chi connectivity index (χ3v) is 13.1. The molecule has 3 aromatic rings. The molecule has 2 bridgehead atoms. The van der Waals surface area contributed by atoms with Crippen molar-refractivity contribution in [1.82, 2.24) is 9.29 Å². The highest BCUT2D eigenvalue weighted by atomic mass is 35.5. The predicted octanol–water partition coefficient (Wildman–Crippen LogP) is 6.74. The average Bonchev–Trinajstić information content (AvgIpc) is 3.43. The number of anilines is 1. The third-order valence-electron chi connectivity index (χ3n) is 10.9. The molecule has 2 aliphatic carbocycles. The average molecular weight is 705 g/mol. The number of hydrogen-bond acceptors (Lipinski definition) is 6. The van der Waals surface area contributed by atoms with Crippen molar-refractivity contribution in [2.75, 3.05) is 37.5 Å². The van der Waals surface area contributed by atoms with Crippen molar-refractivity contribution in [3.63, 3.8) is 0 Å². The SMILES string of the molecule is CO[C@H]1/C=C/C[C@H](C)CS(=O)(NC(=O)c2ccn(C)c2)=NC(=O)c2ccc3c(c2)N(C[C@@H]2CC[C@H]21)C[C@@]1(CCCc2cc(Cl)ccc21)CO3. The van der Waals surface area contributed by atoms with Gasteiger partial charge < -0.3 is 18.9 Å². The van der Waals surface area contributed by atoms with E-state index in [9.17, 15) is 13.8 Å². The van der Waals surface area contributed by atoms with E-state index >= 15 is 0 Å². The first-order valence-electron chi connectivity index (χ1n) is 17.3. The molecule has 6 atom stereocenters. The van der Waals surface area contributed by atoms with Gasteiger partial charge in [0, 0.05) is 55.6 Å². The summed E-state index contributed by atoms with van der Waals surface area (Å²) in [7, 11) is 0.0872. The highest BCUT2D eigenvalue weighted by Gasteiger charge is 2.44. The molecule has 4 aliphatic rings. The number of halogens is 1. The number of rotatable bonds is 3. The Labute approximate surface area is 294 Å². The fourth-order valence-corrected chi connectivity index (χ4v) is 10.3. The van der Waals surface area contributed by atoms with E-state index in [2.05, 4.69) is 38.3 Å². The van der Waals surface area contributed by atoms with E-state index in [1.807, 2.05) is 25.1 Å². The largest absolute Gasteiger partial charge is 0.490 e. The van der Waals surface area contributed by atoms with Crippen LogP contribution in [0, 0.1) is 17.8 Å². The second-order valence-corrected chi connectivity index (χ2v) is 16.9. The first-order valence-corrected chi connectivity index (χ1v) is 19.3. The Morgan fingerprint density at radius 1 is 1.18 bits per heavy atom. The Balaban J connectivity index is 1.31. The zero-order valence-corrected chi connectivity index (χ0v) is 30.0. The summed E-state index contributed by atoms with van der Waals surface area (Å²) in [5.41, 5.74) is 3.78. The molecule has 9 nitrogen and oxygen atoms in total. The van der Waals surface area contributed by atoms with Crippen LogP contribution in [0.2, 0.25) is 5.02 Å². The maximum Gasteiger partial charge on any atom is 0.286 e. The number of fused-ring (bicyclic) bond motifs is 4. The van der Waals surface area contributed by atoms with Crippen molar-refractivity contribution in [2.24, 2.45) is 29.2 Å². The number of nitrogens with one attached hydrogen (secondary N) is 1. The summed E-state index contributed by atoms with van der Waals surface area (Å²) in [5.74, 6) is 0.189. The molecule has 49 heavy (non-hydrogen) atoms. The summed E-state index contributed by atoms with van der Waals surface area (Å²) in [6.45, 7) is 3.98. The lowest BCUT2D eigenvalue weighted by Gasteiger charge is -2.46. The van der Waals surface area contributed by atoms with Crippen LogP contribution in [-0.2, 0) is 33.5 Å².